The predicted octanol–water partition coefficient (Wildman–Crippen LogP) is 4.61. The SMILES string of the molecule is O=C(O)c1ccc2c(c1)nc(Nc1cc(-c3ccccc3)[nH]n1)c1ccncc12. The summed E-state index contributed by atoms with van der Waals surface area (Å²) in [6.07, 6.45) is 3.46. The van der Waals surface area contributed by atoms with E-state index in [1.165, 1.54) is 0 Å². The molecule has 0 saturated heterocycles. The monoisotopic (exact) mass is 381 g/mol. The maximum absolute atomic E-state index is 11.4. The van der Waals surface area contributed by atoms with Gasteiger partial charge in [0.2, 0.25) is 0 Å². The van der Waals surface area contributed by atoms with Crippen LogP contribution in [0.1, 0.15) is 10.4 Å². The number of benzene rings is 2. The molecular formula is C22H15N5O2. The van der Waals surface area contributed by atoms with Crippen LogP contribution in [-0.4, -0.2) is 31.2 Å². The molecule has 29 heavy (non-hydrogen) atoms. The molecule has 7 heteroatoms. The van der Waals surface area contributed by atoms with E-state index in [0.29, 0.717) is 17.2 Å². The first-order chi connectivity index (χ1) is 14.2. The Hall–Kier alpha value is -4.26. The normalized spacial score (nSPS) is 11.0. The number of anilines is 2. The van der Waals surface area contributed by atoms with Crippen LogP contribution in [0, 0.1) is 0 Å². The number of carbonyl (C=O) groups is 1. The minimum absolute atomic E-state index is 0.185. The molecule has 2 aromatic carbocycles. The summed E-state index contributed by atoms with van der Waals surface area (Å²) in [7, 11) is 0. The molecule has 3 N–H and O–H groups in total. The Kier molecular flexibility index (Phi) is 3.91. The standard InChI is InChI=1S/C22H15N5O2/c28-22(29)14-6-7-15-17-12-23-9-8-16(17)21(24-19(15)10-14)25-20-11-18(26-27-20)13-4-2-1-3-5-13/h1-12H,(H,28,29)(H2,24,25,26,27). The number of H-pyrrole nitrogens is 1. The molecule has 0 amide bonds. The molecular weight excluding hydrogens is 366 g/mol. The Bertz CT molecular complexity index is 1360. The maximum Gasteiger partial charge on any atom is 0.335 e. The summed E-state index contributed by atoms with van der Waals surface area (Å²) < 4.78 is 0. The van der Waals surface area contributed by atoms with Crippen molar-refractivity contribution in [3.8, 4) is 11.3 Å². The highest BCUT2D eigenvalue weighted by atomic mass is 16.4. The van der Waals surface area contributed by atoms with Crippen LogP contribution >= 0.6 is 0 Å². The zero-order chi connectivity index (χ0) is 19.8. The Morgan fingerprint density at radius 3 is 2.66 bits per heavy atom. The molecule has 5 rings (SSSR count). The molecule has 0 bridgehead atoms. The quantitative estimate of drug-likeness (QED) is 0.393. The van der Waals surface area contributed by atoms with E-state index in [0.717, 1.165) is 27.4 Å². The van der Waals surface area contributed by atoms with Crippen molar-refractivity contribution in [2.24, 2.45) is 0 Å². The van der Waals surface area contributed by atoms with Gasteiger partial charge in [0.1, 0.15) is 5.82 Å². The van der Waals surface area contributed by atoms with Gasteiger partial charge in [-0.15, -0.1) is 0 Å². The topological polar surface area (TPSA) is 104 Å². The van der Waals surface area contributed by atoms with Crippen LogP contribution in [0.4, 0.5) is 11.6 Å². The number of carboxylic acids is 1. The van der Waals surface area contributed by atoms with Crippen molar-refractivity contribution < 1.29 is 9.90 Å². The minimum atomic E-state index is -0.991. The van der Waals surface area contributed by atoms with Gasteiger partial charge in [0, 0.05) is 34.6 Å². The van der Waals surface area contributed by atoms with Gasteiger partial charge < -0.3 is 10.4 Å². The molecule has 5 aromatic rings. The molecule has 0 radical (unpaired) electrons. The van der Waals surface area contributed by atoms with Crippen LogP contribution in [0.5, 0.6) is 0 Å². The number of hydrogen-bond donors (Lipinski definition) is 3. The van der Waals surface area contributed by atoms with Gasteiger partial charge in [-0.2, -0.15) is 5.10 Å². The third kappa shape index (κ3) is 3.04. The summed E-state index contributed by atoms with van der Waals surface area (Å²) in [4.78, 5) is 20.2. The number of fused-ring (bicyclic) bond motifs is 3. The number of nitrogens with zero attached hydrogens (tertiary/aromatic N) is 3. The van der Waals surface area contributed by atoms with Gasteiger partial charge in [0.05, 0.1) is 16.8 Å². The van der Waals surface area contributed by atoms with Crippen LogP contribution in [0.2, 0.25) is 0 Å². The number of aromatic nitrogens is 4. The van der Waals surface area contributed by atoms with Gasteiger partial charge in [0.25, 0.3) is 0 Å². The summed E-state index contributed by atoms with van der Waals surface area (Å²) >= 11 is 0. The summed E-state index contributed by atoms with van der Waals surface area (Å²) in [5.41, 5.74) is 2.67. The van der Waals surface area contributed by atoms with E-state index in [9.17, 15) is 9.90 Å². The number of pyridine rings is 2. The van der Waals surface area contributed by atoms with Crippen LogP contribution in [0.25, 0.3) is 32.9 Å². The van der Waals surface area contributed by atoms with E-state index in [2.05, 4.69) is 25.5 Å². The minimum Gasteiger partial charge on any atom is -0.478 e. The Balaban J connectivity index is 1.62. The Labute approximate surface area is 165 Å². The van der Waals surface area contributed by atoms with E-state index in [1.54, 1.807) is 30.6 Å². The Morgan fingerprint density at radius 2 is 1.83 bits per heavy atom. The second kappa shape index (κ2) is 6.72. The first-order valence-electron chi connectivity index (χ1n) is 8.98. The van der Waals surface area contributed by atoms with Gasteiger partial charge in [-0.25, -0.2) is 9.78 Å². The van der Waals surface area contributed by atoms with Crippen molar-refractivity contribution in [3.05, 3.63) is 78.6 Å². The Morgan fingerprint density at radius 1 is 0.966 bits per heavy atom. The number of nitrogens with one attached hydrogen (secondary N) is 2. The summed E-state index contributed by atoms with van der Waals surface area (Å²) in [5, 5.41) is 22.5. The predicted molar refractivity (Wildman–Crippen MR) is 111 cm³/mol. The molecule has 3 aromatic heterocycles. The molecule has 0 aliphatic heterocycles. The molecule has 0 saturated carbocycles. The van der Waals surface area contributed by atoms with E-state index in [1.807, 2.05) is 42.5 Å². The van der Waals surface area contributed by atoms with Crippen molar-refractivity contribution in [2.75, 3.05) is 5.32 Å². The number of carboxylic acid groups (broad SMARTS) is 1. The number of aromatic amines is 1. The fourth-order valence-electron chi connectivity index (χ4n) is 3.35. The van der Waals surface area contributed by atoms with Crippen LogP contribution in [-0.2, 0) is 0 Å². The van der Waals surface area contributed by atoms with Crippen molar-refractivity contribution in [3.63, 3.8) is 0 Å². The van der Waals surface area contributed by atoms with Crippen molar-refractivity contribution in [1.29, 1.82) is 0 Å². The molecule has 0 unspecified atom stereocenters. The van der Waals surface area contributed by atoms with Crippen LogP contribution < -0.4 is 5.32 Å². The van der Waals surface area contributed by atoms with Crippen LogP contribution in [0.15, 0.2) is 73.1 Å². The fourth-order valence-corrected chi connectivity index (χ4v) is 3.35. The number of aromatic carboxylic acids is 1. The van der Waals surface area contributed by atoms with Gasteiger partial charge >= 0.3 is 5.97 Å². The third-order valence-corrected chi connectivity index (χ3v) is 4.75. The average Bonchev–Trinajstić information content (AvgIpc) is 3.22. The molecule has 0 fully saturated rings. The first-order valence-corrected chi connectivity index (χ1v) is 8.98. The second-order valence-electron chi connectivity index (χ2n) is 6.58. The highest BCUT2D eigenvalue weighted by Crippen LogP contribution is 2.31. The van der Waals surface area contributed by atoms with Crippen molar-refractivity contribution in [1.82, 2.24) is 20.2 Å². The number of rotatable bonds is 4. The van der Waals surface area contributed by atoms with Gasteiger partial charge in [-0.3, -0.25) is 10.1 Å². The lowest BCUT2D eigenvalue weighted by atomic mass is 10.1. The average molecular weight is 381 g/mol. The lowest BCUT2D eigenvalue weighted by Crippen LogP contribution is -1.99. The molecule has 140 valence electrons. The van der Waals surface area contributed by atoms with Crippen LogP contribution in [0.3, 0.4) is 0 Å². The summed E-state index contributed by atoms with van der Waals surface area (Å²) in [6, 6.07) is 18.6. The van der Waals surface area contributed by atoms with Gasteiger partial charge in [0.15, 0.2) is 5.82 Å². The van der Waals surface area contributed by atoms with E-state index < -0.39 is 5.97 Å². The summed E-state index contributed by atoms with van der Waals surface area (Å²) in [5.74, 6) is 0.209. The summed E-state index contributed by atoms with van der Waals surface area (Å²) in [6.45, 7) is 0. The molecule has 0 aliphatic rings. The molecule has 0 aliphatic carbocycles. The smallest absolute Gasteiger partial charge is 0.335 e. The van der Waals surface area contributed by atoms with E-state index >= 15 is 0 Å². The maximum atomic E-state index is 11.4. The zero-order valence-corrected chi connectivity index (χ0v) is 15.1. The lowest BCUT2D eigenvalue weighted by Gasteiger charge is -2.10. The van der Waals surface area contributed by atoms with E-state index in [4.69, 9.17) is 0 Å². The highest BCUT2D eigenvalue weighted by molar-refractivity contribution is 6.11. The fraction of sp³-hybridized carbons (Fsp3) is 0. The number of hydrogen-bond acceptors (Lipinski definition) is 5. The van der Waals surface area contributed by atoms with E-state index in [-0.39, 0.29) is 5.56 Å². The van der Waals surface area contributed by atoms with Gasteiger partial charge in [-0.1, -0.05) is 36.4 Å². The largest absolute Gasteiger partial charge is 0.478 e. The zero-order valence-electron chi connectivity index (χ0n) is 15.1. The van der Waals surface area contributed by atoms with Gasteiger partial charge in [-0.05, 0) is 23.8 Å². The molecule has 0 spiro atoms. The van der Waals surface area contributed by atoms with Crippen molar-refractivity contribution in [2.45, 2.75) is 0 Å². The second-order valence-corrected chi connectivity index (χ2v) is 6.58. The molecule has 0 atom stereocenters. The lowest BCUT2D eigenvalue weighted by molar-refractivity contribution is 0.0697. The van der Waals surface area contributed by atoms with Crippen molar-refractivity contribution >= 4 is 39.3 Å². The first kappa shape index (κ1) is 16.9. The molecule has 3 heterocycles. The molecule has 7 nitrogen and oxygen atoms in total. The highest BCUT2D eigenvalue weighted by Gasteiger charge is 2.13. The third-order valence-electron chi connectivity index (χ3n) is 4.75.